The fourth-order valence-electron chi connectivity index (χ4n) is 5.47. The molecule has 1 amide bonds. The molecule has 7 heteroatoms. The summed E-state index contributed by atoms with van der Waals surface area (Å²) < 4.78 is 2.72. The molecule has 0 bridgehead atoms. The van der Waals surface area contributed by atoms with Gasteiger partial charge in [-0.1, -0.05) is 71.2 Å². The molecule has 0 unspecified atom stereocenters. The quantitative estimate of drug-likeness (QED) is 0.311. The van der Waals surface area contributed by atoms with Crippen LogP contribution in [0.3, 0.4) is 0 Å². The van der Waals surface area contributed by atoms with Crippen LogP contribution in [-0.4, -0.2) is 21.2 Å². The fourth-order valence-corrected chi connectivity index (χ4v) is 6.59. The number of aromatic nitrogens is 2. The third-order valence-electron chi connectivity index (χ3n) is 7.05. The predicted octanol–water partition coefficient (Wildman–Crippen LogP) is 6.18. The predicted molar refractivity (Wildman–Crippen MR) is 142 cm³/mol. The van der Waals surface area contributed by atoms with Crippen molar-refractivity contribution in [2.24, 2.45) is 0 Å². The molecule has 1 spiro atoms. The van der Waals surface area contributed by atoms with Gasteiger partial charge in [0, 0.05) is 27.7 Å². The maximum atomic E-state index is 13.9. The third kappa shape index (κ3) is 4.36. The third-order valence-corrected chi connectivity index (χ3v) is 8.56. The lowest BCUT2D eigenvalue weighted by Crippen LogP contribution is -2.43. The van der Waals surface area contributed by atoms with Gasteiger partial charge in [0.1, 0.15) is 0 Å². The fraction of sp³-hybridized carbons (Fsp3) is 0.370. The van der Waals surface area contributed by atoms with Crippen LogP contribution in [0.1, 0.15) is 50.2 Å². The van der Waals surface area contributed by atoms with E-state index in [9.17, 15) is 9.59 Å². The Labute approximate surface area is 212 Å². The zero-order chi connectivity index (χ0) is 23.7. The number of benzene rings is 2. The van der Waals surface area contributed by atoms with E-state index in [1.54, 1.807) is 4.57 Å². The molecule has 3 aromatic rings. The first-order valence-corrected chi connectivity index (χ1v) is 13.7. The summed E-state index contributed by atoms with van der Waals surface area (Å²) in [5.74, 6) is 0.0692. The second-order valence-corrected chi connectivity index (χ2v) is 11.0. The van der Waals surface area contributed by atoms with E-state index in [2.05, 4.69) is 39.4 Å². The van der Waals surface area contributed by atoms with Crippen LogP contribution in [0.5, 0.6) is 0 Å². The normalized spacial score (nSPS) is 16.1. The van der Waals surface area contributed by atoms with E-state index in [1.807, 2.05) is 37.3 Å². The van der Waals surface area contributed by atoms with E-state index in [0.29, 0.717) is 11.7 Å². The highest BCUT2D eigenvalue weighted by Crippen LogP contribution is 2.48. The Bertz CT molecular complexity index is 1280. The summed E-state index contributed by atoms with van der Waals surface area (Å²) in [6.07, 6.45) is 6.53. The average Bonchev–Trinajstić information content (AvgIpc) is 2.84. The Hall–Kier alpha value is -2.38. The van der Waals surface area contributed by atoms with Crippen molar-refractivity contribution in [1.29, 1.82) is 0 Å². The minimum Gasteiger partial charge on any atom is -0.325 e. The summed E-state index contributed by atoms with van der Waals surface area (Å²) in [5, 5.41) is 3.53. The topological polar surface area (TPSA) is 64.0 Å². The number of thioether (sulfide) groups is 1. The number of halogens is 1. The lowest BCUT2D eigenvalue weighted by molar-refractivity contribution is -0.113. The van der Waals surface area contributed by atoms with Gasteiger partial charge in [0.2, 0.25) is 5.91 Å². The van der Waals surface area contributed by atoms with Crippen molar-refractivity contribution in [3.8, 4) is 11.3 Å². The molecule has 176 valence electrons. The van der Waals surface area contributed by atoms with Gasteiger partial charge >= 0.3 is 0 Å². The number of amides is 1. The molecule has 2 aliphatic carbocycles. The molecule has 0 radical (unpaired) electrons. The molecule has 34 heavy (non-hydrogen) atoms. The minimum atomic E-state index is -0.120. The summed E-state index contributed by atoms with van der Waals surface area (Å²) in [6, 6.07) is 15.9. The Morgan fingerprint density at radius 1 is 1.12 bits per heavy atom. The Balaban J connectivity index is 1.50. The molecular formula is C27H28BrN3O2S. The van der Waals surface area contributed by atoms with Crippen molar-refractivity contribution in [2.75, 3.05) is 11.1 Å². The Morgan fingerprint density at radius 2 is 1.85 bits per heavy atom. The van der Waals surface area contributed by atoms with Gasteiger partial charge in [-0.25, -0.2) is 4.98 Å². The van der Waals surface area contributed by atoms with E-state index in [4.69, 9.17) is 4.98 Å². The molecule has 0 atom stereocenters. The van der Waals surface area contributed by atoms with Crippen LogP contribution in [0.4, 0.5) is 5.69 Å². The number of rotatable bonds is 5. The van der Waals surface area contributed by atoms with Gasteiger partial charge in [-0.05, 0) is 56.0 Å². The van der Waals surface area contributed by atoms with Gasteiger partial charge in [0.15, 0.2) is 5.16 Å². The molecule has 2 aliphatic rings. The zero-order valence-electron chi connectivity index (χ0n) is 19.3. The largest absolute Gasteiger partial charge is 0.325 e. The molecule has 5 rings (SSSR count). The molecule has 1 saturated carbocycles. The number of carbonyl (C=O) groups is 1. The first kappa shape index (κ1) is 23.4. The van der Waals surface area contributed by atoms with Crippen LogP contribution in [0.15, 0.2) is 63.0 Å². The second-order valence-electron chi connectivity index (χ2n) is 9.19. The second kappa shape index (κ2) is 9.70. The van der Waals surface area contributed by atoms with Crippen molar-refractivity contribution in [1.82, 2.24) is 9.55 Å². The van der Waals surface area contributed by atoms with Crippen LogP contribution in [0.25, 0.3) is 11.3 Å². The van der Waals surface area contributed by atoms with Gasteiger partial charge in [-0.3, -0.25) is 14.2 Å². The molecule has 0 saturated heterocycles. The zero-order valence-corrected chi connectivity index (χ0v) is 21.7. The SMILES string of the molecule is CCn1c(SCC(=O)Nc2ccc(Br)cc2)nc2c(c1=O)C1(CCCCC1)Cc1ccccc1-2. The number of fused-ring (bicyclic) bond motifs is 4. The highest BCUT2D eigenvalue weighted by Gasteiger charge is 2.43. The number of nitrogens with zero attached hydrogens (tertiary/aromatic N) is 2. The summed E-state index contributed by atoms with van der Waals surface area (Å²) >= 11 is 4.74. The highest BCUT2D eigenvalue weighted by atomic mass is 79.9. The maximum absolute atomic E-state index is 13.9. The van der Waals surface area contributed by atoms with E-state index < -0.39 is 0 Å². The van der Waals surface area contributed by atoms with Crippen LogP contribution in [-0.2, 0) is 23.2 Å². The van der Waals surface area contributed by atoms with E-state index in [1.165, 1.54) is 23.7 Å². The van der Waals surface area contributed by atoms with E-state index in [-0.39, 0.29) is 22.6 Å². The first-order chi connectivity index (χ1) is 16.5. The van der Waals surface area contributed by atoms with Crippen molar-refractivity contribution >= 4 is 39.3 Å². The monoisotopic (exact) mass is 537 g/mol. The average molecular weight is 539 g/mol. The van der Waals surface area contributed by atoms with E-state index >= 15 is 0 Å². The molecule has 0 aliphatic heterocycles. The summed E-state index contributed by atoms with van der Waals surface area (Å²) in [4.78, 5) is 31.6. The minimum absolute atomic E-state index is 0.0692. The first-order valence-electron chi connectivity index (χ1n) is 11.9. The Morgan fingerprint density at radius 3 is 2.59 bits per heavy atom. The standard InChI is InChI=1S/C27H28BrN3O2S/c1-2-31-25(33)23-24(21-9-5-4-8-18(21)16-27(23)14-6-3-7-15-27)30-26(31)34-17-22(32)29-20-12-10-19(28)11-13-20/h4-5,8-13H,2-3,6-7,14-17H2,1H3,(H,29,32). The summed E-state index contributed by atoms with van der Waals surface area (Å²) in [6.45, 7) is 2.51. The molecule has 1 aromatic heterocycles. The number of carbonyl (C=O) groups excluding carboxylic acids is 1. The van der Waals surface area contributed by atoms with Crippen molar-refractivity contribution in [3.63, 3.8) is 0 Å². The van der Waals surface area contributed by atoms with Crippen LogP contribution < -0.4 is 10.9 Å². The molecule has 5 nitrogen and oxygen atoms in total. The number of hydrogen-bond donors (Lipinski definition) is 1. The summed E-state index contributed by atoms with van der Waals surface area (Å²) in [5.41, 5.74) is 4.77. The summed E-state index contributed by atoms with van der Waals surface area (Å²) in [7, 11) is 0. The van der Waals surface area contributed by atoms with Gasteiger partial charge in [0.25, 0.3) is 5.56 Å². The molecule has 1 N–H and O–H groups in total. The van der Waals surface area contributed by atoms with E-state index in [0.717, 1.165) is 59.1 Å². The number of nitrogens with one attached hydrogen (secondary N) is 1. The van der Waals surface area contributed by atoms with Gasteiger partial charge in [-0.15, -0.1) is 0 Å². The lowest BCUT2D eigenvalue weighted by atomic mass is 9.62. The number of anilines is 1. The van der Waals surface area contributed by atoms with Crippen molar-refractivity contribution in [2.45, 2.75) is 62.6 Å². The van der Waals surface area contributed by atoms with Crippen LogP contribution in [0, 0.1) is 0 Å². The molecule has 1 heterocycles. The molecule has 1 fully saturated rings. The smallest absolute Gasteiger partial charge is 0.258 e. The van der Waals surface area contributed by atoms with Crippen molar-refractivity contribution in [3.05, 3.63) is 74.5 Å². The van der Waals surface area contributed by atoms with Crippen LogP contribution in [0.2, 0.25) is 0 Å². The van der Waals surface area contributed by atoms with Gasteiger partial charge in [0.05, 0.1) is 17.0 Å². The lowest BCUT2D eigenvalue weighted by Gasteiger charge is -2.42. The van der Waals surface area contributed by atoms with Crippen molar-refractivity contribution < 1.29 is 4.79 Å². The van der Waals surface area contributed by atoms with Gasteiger partial charge in [-0.2, -0.15) is 0 Å². The maximum Gasteiger partial charge on any atom is 0.258 e. The molecule has 2 aromatic carbocycles. The molecular weight excluding hydrogens is 510 g/mol. The number of hydrogen-bond acceptors (Lipinski definition) is 4. The van der Waals surface area contributed by atoms with Crippen LogP contribution >= 0.6 is 27.7 Å². The highest BCUT2D eigenvalue weighted by molar-refractivity contribution is 9.10. The Kier molecular flexibility index (Phi) is 6.67. The van der Waals surface area contributed by atoms with Gasteiger partial charge < -0.3 is 5.32 Å².